The third kappa shape index (κ3) is 2.97. The van der Waals surface area contributed by atoms with Gasteiger partial charge >= 0.3 is 0 Å². The molecule has 2 rings (SSSR count). The maximum Gasteiger partial charge on any atom is 0.169 e. The predicted molar refractivity (Wildman–Crippen MR) is 68.0 cm³/mol. The Kier molecular flexibility index (Phi) is 4.37. The number of rotatable bonds is 4. The van der Waals surface area contributed by atoms with Gasteiger partial charge in [-0.1, -0.05) is 19.8 Å². The number of tetrazole rings is 1. The van der Waals surface area contributed by atoms with Crippen LogP contribution in [0.4, 0.5) is 0 Å². The first-order valence-electron chi connectivity index (χ1n) is 6.64. The van der Waals surface area contributed by atoms with E-state index in [9.17, 15) is 0 Å². The minimum atomic E-state index is -0.113. The van der Waals surface area contributed by atoms with Crippen LogP contribution in [0.3, 0.4) is 0 Å². The minimum absolute atomic E-state index is 0.113. The van der Waals surface area contributed by atoms with Crippen LogP contribution in [-0.4, -0.2) is 20.2 Å². The van der Waals surface area contributed by atoms with Crippen molar-refractivity contribution < 1.29 is 0 Å². The second kappa shape index (κ2) is 5.80. The molecule has 1 aromatic rings. The van der Waals surface area contributed by atoms with Crippen molar-refractivity contribution in [3.05, 3.63) is 5.82 Å². The lowest BCUT2D eigenvalue weighted by Gasteiger charge is -2.28. The van der Waals surface area contributed by atoms with E-state index in [1.807, 2.05) is 11.6 Å². The highest BCUT2D eigenvalue weighted by molar-refractivity contribution is 6.20. The smallest absolute Gasteiger partial charge is 0.169 e. The molecule has 1 unspecified atom stereocenters. The van der Waals surface area contributed by atoms with Crippen LogP contribution >= 0.6 is 11.6 Å². The third-order valence-corrected chi connectivity index (χ3v) is 3.93. The van der Waals surface area contributed by atoms with Crippen LogP contribution < -0.4 is 0 Å². The van der Waals surface area contributed by atoms with Gasteiger partial charge in [-0.15, -0.1) is 16.7 Å². The summed E-state index contributed by atoms with van der Waals surface area (Å²) in [5.74, 6) is 1.72. The fraction of sp³-hybridized carbons (Fsp3) is 0.917. The summed E-state index contributed by atoms with van der Waals surface area (Å²) in [6, 6.07) is 0.453. The van der Waals surface area contributed by atoms with E-state index in [-0.39, 0.29) is 5.38 Å². The van der Waals surface area contributed by atoms with Crippen molar-refractivity contribution in [2.75, 3.05) is 0 Å². The Morgan fingerprint density at radius 1 is 1.35 bits per heavy atom. The van der Waals surface area contributed by atoms with Crippen LogP contribution in [0.25, 0.3) is 0 Å². The van der Waals surface area contributed by atoms with E-state index in [0.717, 1.165) is 11.7 Å². The van der Waals surface area contributed by atoms with Gasteiger partial charge in [0.15, 0.2) is 5.82 Å². The average molecular weight is 257 g/mol. The van der Waals surface area contributed by atoms with E-state index < -0.39 is 0 Å². The second-order valence-corrected chi connectivity index (χ2v) is 5.72. The molecule has 1 fully saturated rings. The summed E-state index contributed by atoms with van der Waals surface area (Å²) in [4.78, 5) is 0. The zero-order valence-corrected chi connectivity index (χ0v) is 11.4. The predicted octanol–water partition coefficient (Wildman–Crippen LogP) is 3.50. The van der Waals surface area contributed by atoms with Gasteiger partial charge < -0.3 is 0 Å². The van der Waals surface area contributed by atoms with Crippen LogP contribution in [0.5, 0.6) is 0 Å². The number of alkyl halides is 1. The molecule has 1 aliphatic carbocycles. The average Bonchev–Trinajstić information content (AvgIpc) is 2.79. The quantitative estimate of drug-likeness (QED) is 0.775. The summed E-state index contributed by atoms with van der Waals surface area (Å²) in [5.41, 5.74) is 0. The van der Waals surface area contributed by atoms with Crippen LogP contribution in [0.1, 0.15) is 69.6 Å². The Hall–Kier alpha value is -0.640. The van der Waals surface area contributed by atoms with Crippen LogP contribution in [-0.2, 0) is 0 Å². The van der Waals surface area contributed by atoms with Crippen molar-refractivity contribution in [2.24, 2.45) is 5.92 Å². The normalized spacial score (nSPS) is 27.0. The molecule has 0 bridgehead atoms. The van der Waals surface area contributed by atoms with Gasteiger partial charge in [0.25, 0.3) is 0 Å². The van der Waals surface area contributed by atoms with Crippen molar-refractivity contribution in [1.29, 1.82) is 0 Å². The molecule has 1 atom stereocenters. The summed E-state index contributed by atoms with van der Waals surface area (Å²) in [5, 5.41) is 11.8. The summed E-state index contributed by atoms with van der Waals surface area (Å²) in [6.07, 6.45) is 7.63. The lowest BCUT2D eigenvalue weighted by molar-refractivity contribution is 0.244. The maximum absolute atomic E-state index is 6.08. The van der Waals surface area contributed by atoms with E-state index in [2.05, 4.69) is 22.4 Å². The van der Waals surface area contributed by atoms with Crippen LogP contribution in [0.2, 0.25) is 0 Å². The lowest BCUT2D eigenvalue weighted by Crippen LogP contribution is -2.21. The molecule has 1 aliphatic rings. The van der Waals surface area contributed by atoms with Crippen molar-refractivity contribution >= 4 is 11.6 Å². The molecule has 0 aromatic carbocycles. The van der Waals surface area contributed by atoms with Gasteiger partial charge in [0, 0.05) is 0 Å². The molecule has 1 saturated carbocycles. The minimum Gasteiger partial charge on any atom is -0.225 e. The molecule has 1 aromatic heterocycles. The van der Waals surface area contributed by atoms with E-state index >= 15 is 0 Å². The van der Waals surface area contributed by atoms with E-state index in [0.29, 0.717) is 6.04 Å². The molecular formula is C12H21ClN4. The molecule has 0 radical (unpaired) electrons. The molecule has 0 aliphatic heterocycles. The Bertz CT molecular complexity index is 342. The molecule has 0 N–H and O–H groups in total. The zero-order chi connectivity index (χ0) is 12.3. The number of aromatic nitrogens is 4. The van der Waals surface area contributed by atoms with Gasteiger partial charge in [-0.25, -0.2) is 4.68 Å². The highest BCUT2D eigenvalue weighted by Crippen LogP contribution is 2.35. The molecule has 17 heavy (non-hydrogen) atoms. The monoisotopic (exact) mass is 256 g/mol. The number of halogens is 1. The van der Waals surface area contributed by atoms with Crippen molar-refractivity contribution in [1.82, 2.24) is 20.2 Å². The first kappa shape index (κ1) is 12.8. The van der Waals surface area contributed by atoms with Gasteiger partial charge in [0.1, 0.15) is 0 Å². The summed E-state index contributed by atoms with van der Waals surface area (Å²) in [7, 11) is 0. The van der Waals surface area contributed by atoms with E-state index in [1.165, 1.54) is 38.5 Å². The highest BCUT2D eigenvalue weighted by atomic mass is 35.5. The largest absolute Gasteiger partial charge is 0.225 e. The van der Waals surface area contributed by atoms with E-state index in [1.54, 1.807) is 0 Å². The number of hydrogen-bond donors (Lipinski definition) is 0. The van der Waals surface area contributed by atoms with Crippen molar-refractivity contribution in [2.45, 2.75) is 63.8 Å². The molecule has 5 heteroatoms. The molecule has 0 spiro atoms. The summed E-state index contributed by atoms with van der Waals surface area (Å²) >= 11 is 6.08. The van der Waals surface area contributed by atoms with Crippen molar-refractivity contribution in [3.63, 3.8) is 0 Å². The van der Waals surface area contributed by atoms with Crippen LogP contribution in [0.15, 0.2) is 0 Å². The molecule has 0 amide bonds. The van der Waals surface area contributed by atoms with Crippen LogP contribution in [0, 0.1) is 5.92 Å². The maximum atomic E-state index is 6.08. The Labute approximate surface area is 108 Å². The van der Waals surface area contributed by atoms with Gasteiger partial charge in [-0.3, -0.25) is 0 Å². The van der Waals surface area contributed by atoms with Gasteiger partial charge in [0.2, 0.25) is 0 Å². The first-order valence-corrected chi connectivity index (χ1v) is 7.07. The molecule has 96 valence electrons. The fourth-order valence-electron chi connectivity index (χ4n) is 2.81. The van der Waals surface area contributed by atoms with E-state index in [4.69, 9.17) is 11.6 Å². The number of hydrogen-bond acceptors (Lipinski definition) is 3. The molecule has 0 saturated heterocycles. The molecular weight excluding hydrogens is 236 g/mol. The van der Waals surface area contributed by atoms with Gasteiger partial charge in [0.05, 0.1) is 11.4 Å². The number of nitrogens with zero attached hydrogens (tertiary/aromatic N) is 4. The van der Waals surface area contributed by atoms with Gasteiger partial charge in [-0.2, -0.15) is 0 Å². The van der Waals surface area contributed by atoms with Crippen molar-refractivity contribution in [3.8, 4) is 0 Å². The zero-order valence-electron chi connectivity index (χ0n) is 10.6. The Morgan fingerprint density at radius 2 is 2.06 bits per heavy atom. The first-order chi connectivity index (χ1) is 8.22. The summed E-state index contributed by atoms with van der Waals surface area (Å²) in [6.45, 7) is 4.19. The lowest BCUT2D eigenvalue weighted by atomic mass is 9.83. The Morgan fingerprint density at radius 3 is 2.65 bits per heavy atom. The second-order valence-electron chi connectivity index (χ2n) is 5.06. The third-order valence-electron chi connectivity index (χ3n) is 3.73. The standard InChI is InChI=1S/C12H21ClN4/c1-3-4-10-5-7-11(8-6-10)17-12(9(2)13)14-15-16-17/h9-11H,3-8H2,1-2H3. The SMILES string of the molecule is CCCC1CCC(n2nnnc2C(C)Cl)CC1. The van der Waals surface area contributed by atoms with Gasteiger partial charge in [-0.05, 0) is 49.0 Å². The Balaban J connectivity index is 1.98. The molecule has 4 nitrogen and oxygen atoms in total. The fourth-order valence-corrected chi connectivity index (χ4v) is 2.95. The topological polar surface area (TPSA) is 43.6 Å². The molecule has 1 heterocycles. The highest BCUT2D eigenvalue weighted by Gasteiger charge is 2.25. The summed E-state index contributed by atoms with van der Waals surface area (Å²) < 4.78 is 1.94.